The average Bonchev–Trinajstić information content (AvgIpc) is 2.89. The van der Waals surface area contributed by atoms with Gasteiger partial charge in [-0.25, -0.2) is 4.79 Å². The highest BCUT2D eigenvalue weighted by molar-refractivity contribution is 6.07. The van der Waals surface area contributed by atoms with Gasteiger partial charge in [-0.1, -0.05) is 51.1 Å². The van der Waals surface area contributed by atoms with Gasteiger partial charge in [0.25, 0.3) is 5.91 Å². The Kier molecular flexibility index (Phi) is 4.87. The summed E-state index contributed by atoms with van der Waals surface area (Å²) in [6.07, 6.45) is 2.46. The molecule has 3 amide bonds. The summed E-state index contributed by atoms with van der Waals surface area (Å²) in [5.74, 6) is -0.0848. The molecule has 1 N–H and O–H groups in total. The Morgan fingerprint density at radius 2 is 1.74 bits per heavy atom. The maximum atomic E-state index is 13.2. The normalized spacial score (nSPS) is 37.1. The molecule has 1 aromatic carbocycles. The van der Waals surface area contributed by atoms with Crippen molar-refractivity contribution in [2.24, 2.45) is 5.92 Å². The van der Waals surface area contributed by atoms with Gasteiger partial charge in [0.15, 0.2) is 0 Å². The van der Waals surface area contributed by atoms with E-state index in [-0.39, 0.29) is 28.9 Å². The second kappa shape index (κ2) is 6.62. The number of imide groups is 1. The molecule has 4 atom stereocenters. The highest BCUT2D eigenvalue weighted by Crippen LogP contribution is 2.52. The molecular formula is C22H33N3O2. The molecule has 5 heteroatoms. The molecule has 2 fully saturated rings. The standard InChI is InChI=1S/C22H33N3O2/c1-7-20(4)15-22(18(26)24(6)19(27)23-22)16(3)21(5,8-2)25(20)14-17-12-10-9-11-13-17/h9-13,16H,7-8,14-15H2,1-6H3,(H,23,27). The minimum absolute atomic E-state index is 0.000243. The average molecular weight is 372 g/mol. The van der Waals surface area contributed by atoms with E-state index in [2.05, 4.69) is 69.1 Å². The zero-order valence-corrected chi connectivity index (χ0v) is 17.5. The van der Waals surface area contributed by atoms with Crippen LogP contribution in [-0.2, 0) is 11.3 Å². The highest BCUT2D eigenvalue weighted by atomic mass is 16.2. The lowest BCUT2D eigenvalue weighted by Crippen LogP contribution is -2.75. The SMILES string of the molecule is CCC1(C)CC2(NC(=O)N(C)C2=O)C(C)C(C)(CC)N1Cc1ccccc1. The first-order valence-corrected chi connectivity index (χ1v) is 10.1. The number of piperidine rings is 1. The number of benzene rings is 1. The van der Waals surface area contributed by atoms with Crippen molar-refractivity contribution in [3.63, 3.8) is 0 Å². The molecule has 148 valence electrons. The summed E-state index contributed by atoms with van der Waals surface area (Å²) in [5, 5.41) is 3.09. The van der Waals surface area contributed by atoms with Gasteiger partial charge in [0.1, 0.15) is 5.54 Å². The third-order valence-electron chi connectivity index (χ3n) is 7.58. The maximum Gasteiger partial charge on any atom is 0.324 e. The van der Waals surface area contributed by atoms with Crippen LogP contribution in [0.5, 0.6) is 0 Å². The lowest BCUT2D eigenvalue weighted by atomic mass is 9.59. The molecule has 1 aromatic rings. The molecule has 0 bridgehead atoms. The molecule has 2 heterocycles. The number of amides is 3. The van der Waals surface area contributed by atoms with Crippen molar-refractivity contribution in [1.82, 2.24) is 15.1 Å². The first kappa shape index (κ1) is 19.9. The van der Waals surface area contributed by atoms with Crippen LogP contribution in [0.4, 0.5) is 4.79 Å². The number of likely N-dealkylation sites (N-methyl/N-ethyl adjacent to an activating group) is 1. The van der Waals surface area contributed by atoms with Gasteiger partial charge in [-0.05, 0) is 38.7 Å². The monoisotopic (exact) mass is 371 g/mol. The molecular weight excluding hydrogens is 338 g/mol. The van der Waals surface area contributed by atoms with Gasteiger partial charge in [0, 0.05) is 30.6 Å². The zero-order chi connectivity index (χ0) is 20.0. The van der Waals surface area contributed by atoms with Gasteiger partial charge in [-0.2, -0.15) is 0 Å². The summed E-state index contributed by atoms with van der Waals surface area (Å²) in [6.45, 7) is 11.8. The van der Waals surface area contributed by atoms with Gasteiger partial charge < -0.3 is 5.32 Å². The van der Waals surface area contributed by atoms with Crippen molar-refractivity contribution in [1.29, 1.82) is 0 Å². The maximum absolute atomic E-state index is 13.2. The van der Waals surface area contributed by atoms with E-state index in [1.807, 2.05) is 6.07 Å². The fraction of sp³-hybridized carbons (Fsp3) is 0.636. The Hall–Kier alpha value is -1.88. The molecule has 3 rings (SSSR count). The van der Waals surface area contributed by atoms with Crippen molar-refractivity contribution < 1.29 is 9.59 Å². The third-order valence-corrected chi connectivity index (χ3v) is 7.58. The molecule has 1 spiro atoms. The number of likely N-dealkylation sites (tertiary alicyclic amines) is 1. The Morgan fingerprint density at radius 3 is 2.22 bits per heavy atom. The molecule has 0 radical (unpaired) electrons. The van der Waals surface area contributed by atoms with Crippen LogP contribution >= 0.6 is 0 Å². The molecule has 2 saturated heterocycles. The number of nitrogens with one attached hydrogen (secondary N) is 1. The summed E-state index contributed by atoms with van der Waals surface area (Å²) in [5.41, 5.74) is 0.0434. The molecule has 5 nitrogen and oxygen atoms in total. The van der Waals surface area contributed by atoms with E-state index in [4.69, 9.17) is 0 Å². The van der Waals surface area contributed by atoms with Crippen molar-refractivity contribution in [2.45, 2.75) is 77.0 Å². The smallest absolute Gasteiger partial charge is 0.323 e. The van der Waals surface area contributed by atoms with Gasteiger partial charge in [0.2, 0.25) is 0 Å². The van der Waals surface area contributed by atoms with E-state index in [9.17, 15) is 9.59 Å². The van der Waals surface area contributed by atoms with Crippen LogP contribution in [0.25, 0.3) is 0 Å². The fourth-order valence-corrected chi connectivity index (χ4v) is 5.31. The van der Waals surface area contributed by atoms with Crippen LogP contribution in [-0.4, -0.2) is 45.4 Å². The van der Waals surface area contributed by atoms with Crippen molar-refractivity contribution >= 4 is 11.9 Å². The van der Waals surface area contributed by atoms with Crippen LogP contribution in [0, 0.1) is 5.92 Å². The zero-order valence-electron chi connectivity index (χ0n) is 17.5. The predicted octanol–water partition coefficient (Wildman–Crippen LogP) is 3.79. The third kappa shape index (κ3) is 2.78. The van der Waals surface area contributed by atoms with Gasteiger partial charge in [0.05, 0.1) is 0 Å². The molecule has 2 aliphatic heterocycles. The Bertz CT molecular complexity index is 736. The van der Waals surface area contributed by atoms with Gasteiger partial charge in [-0.15, -0.1) is 0 Å². The molecule has 4 unspecified atom stereocenters. The number of nitrogens with zero attached hydrogens (tertiary/aromatic N) is 2. The molecule has 0 aliphatic carbocycles. The summed E-state index contributed by atoms with van der Waals surface area (Å²) in [7, 11) is 1.59. The molecule has 0 aromatic heterocycles. The van der Waals surface area contributed by atoms with E-state index in [0.717, 1.165) is 19.4 Å². The van der Waals surface area contributed by atoms with Crippen LogP contribution < -0.4 is 5.32 Å². The van der Waals surface area contributed by atoms with Crippen molar-refractivity contribution in [3.8, 4) is 0 Å². The van der Waals surface area contributed by atoms with E-state index in [0.29, 0.717) is 6.42 Å². The second-order valence-electron chi connectivity index (χ2n) is 8.80. The van der Waals surface area contributed by atoms with E-state index in [1.165, 1.54) is 10.5 Å². The molecule has 27 heavy (non-hydrogen) atoms. The topological polar surface area (TPSA) is 52.7 Å². The second-order valence-corrected chi connectivity index (χ2v) is 8.80. The Balaban J connectivity index is 2.09. The fourth-order valence-electron chi connectivity index (χ4n) is 5.31. The summed E-state index contributed by atoms with van der Waals surface area (Å²) in [6, 6.07) is 10.2. The number of hydrogen-bond acceptors (Lipinski definition) is 3. The lowest BCUT2D eigenvalue weighted by molar-refractivity contribution is -0.156. The number of hydrogen-bond donors (Lipinski definition) is 1. The number of carbonyl (C=O) groups is 2. The summed E-state index contributed by atoms with van der Waals surface area (Å²) in [4.78, 5) is 29.4. The largest absolute Gasteiger partial charge is 0.324 e. The highest BCUT2D eigenvalue weighted by Gasteiger charge is 2.65. The quantitative estimate of drug-likeness (QED) is 0.820. The Morgan fingerprint density at radius 1 is 1.11 bits per heavy atom. The number of rotatable bonds is 4. The van der Waals surface area contributed by atoms with Gasteiger partial charge in [-0.3, -0.25) is 14.6 Å². The van der Waals surface area contributed by atoms with E-state index in [1.54, 1.807) is 7.05 Å². The molecule has 2 aliphatic rings. The number of carbonyl (C=O) groups excluding carboxylic acids is 2. The minimum Gasteiger partial charge on any atom is -0.323 e. The van der Waals surface area contributed by atoms with E-state index < -0.39 is 5.54 Å². The van der Waals surface area contributed by atoms with Crippen molar-refractivity contribution in [3.05, 3.63) is 35.9 Å². The number of urea groups is 1. The van der Waals surface area contributed by atoms with Crippen LogP contribution in [0.1, 0.15) is 59.4 Å². The van der Waals surface area contributed by atoms with Crippen LogP contribution in [0.2, 0.25) is 0 Å². The molecule has 0 saturated carbocycles. The van der Waals surface area contributed by atoms with Gasteiger partial charge >= 0.3 is 6.03 Å². The first-order chi connectivity index (χ1) is 12.6. The van der Waals surface area contributed by atoms with Crippen LogP contribution in [0.3, 0.4) is 0 Å². The predicted molar refractivity (Wildman–Crippen MR) is 107 cm³/mol. The lowest BCUT2D eigenvalue weighted by Gasteiger charge is -2.63. The minimum atomic E-state index is -0.825. The summed E-state index contributed by atoms with van der Waals surface area (Å²) >= 11 is 0. The first-order valence-electron chi connectivity index (χ1n) is 10.1. The van der Waals surface area contributed by atoms with E-state index >= 15 is 0 Å². The summed E-state index contributed by atoms with van der Waals surface area (Å²) < 4.78 is 0. The van der Waals surface area contributed by atoms with Crippen molar-refractivity contribution in [2.75, 3.05) is 7.05 Å². The Labute approximate surface area is 163 Å². The van der Waals surface area contributed by atoms with Crippen LogP contribution in [0.15, 0.2) is 30.3 Å².